The van der Waals surface area contributed by atoms with Crippen molar-refractivity contribution in [2.45, 2.75) is 26.8 Å². The summed E-state index contributed by atoms with van der Waals surface area (Å²) in [5.41, 5.74) is 1.53. The summed E-state index contributed by atoms with van der Waals surface area (Å²) in [6.45, 7) is 5.89. The molecule has 1 N–H and O–H groups in total. The first-order chi connectivity index (χ1) is 12.5. The second-order valence-electron chi connectivity index (χ2n) is 5.71. The smallest absolute Gasteiger partial charge is 0.338 e. The maximum atomic E-state index is 12.6. The van der Waals surface area contributed by atoms with E-state index < -0.39 is 12.0 Å². The number of amidine groups is 1. The normalized spacial score (nSPS) is 19.3. The number of hydrogen-bond acceptors (Lipinski definition) is 7. The van der Waals surface area contributed by atoms with Crippen molar-refractivity contribution in [3.8, 4) is 11.5 Å². The summed E-state index contributed by atoms with van der Waals surface area (Å²) in [7, 11) is 0. The fraction of sp³-hybridized carbons (Fsp3) is 0.389. The second-order valence-corrected chi connectivity index (χ2v) is 6.65. The van der Waals surface area contributed by atoms with Gasteiger partial charge in [-0.3, -0.25) is 9.69 Å². The molecule has 0 bridgehead atoms. The van der Waals surface area contributed by atoms with Gasteiger partial charge in [-0.05, 0) is 38.5 Å². The lowest BCUT2D eigenvalue weighted by Crippen LogP contribution is -2.35. The molecule has 2 heterocycles. The van der Waals surface area contributed by atoms with Crippen LogP contribution in [0.15, 0.2) is 34.5 Å². The molecule has 2 aliphatic rings. The van der Waals surface area contributed by atoms with Crippen molar-refractivity contribution in [1.29, 1.82) is 0 Å². The van der Waals surface area contributed by atoms with Gasteiger partial charge in [-0.25, -0.2) is 9.79 Å². The fourth-order valence-corrected chi connectivity index (χ4v) is 3.89. The molecule has 1 aromatic rings. The number of benzene rings is 1. The van der Waals surface area contributed by atoms with Crippen molar-refractivity contribution in [1.82, 2.24) is 4.90 Å². The number of thioether (sulfide) groups is 1. The average Bonchev–Trinajstić information content (AvgIpc) is 2.98. The predicted octanol–water partition coefficient (Wildman–Crippen LogP) is 2.61. The second kappa shape index (κ2) is 7.41. The molecule has 1 saturated heterocycles. The average molecular weight is 376 g/mol. The Kier molecular flexibility index (Phi) is 5.22. The highest BCUT2D eigenvalue weighted by Gasteiger charge is 2.40. The molecular formula is C18H20N2O5S. The minimum absolute atomic E-state index is 0.0181. The number of fused-ring (bicyclic) bond motifs is 1. The number of nitrogens with zero attached hydrogens (tertiary/aromatic N) is 2. The number of allylic oxidation sites excluding steroid dienone is 1. The fourth-order valence-electron chi connectivity index (χ4n) is 2.96. The zero-order chi connectivity index (χ0) is 18.8. The van der Waals surface area contributed by atoms with E-state index in [9.17, 15) is 14.7 Å². The van der Waals surface area contributed by atoms with Crippen LogP contribution in [0, 0.1) is 0 Å². The van der Waals surface area contributed by atoms with Crippen LogP contribution < -0.4 is 4.74 Å². The lowest BCUT2D eigenvalue weighted by molar-refractivity contribution is -0.139. The number of carbonyl (C=O) groups is 2. The van der Waals surface area contributed by atoms with Crippen LogP contribution in [-0.2, 0) is 14.3 Å². The number of aliphatic imine (C=N–C) groups is 1. The quantitative estimate of drug-likeness (QED) is 0.795. The SMILES string of the molecule is CCOC(=O)C1=C(C)N2C(=O)CSC2=N[C@H]1c1ccc(O)c(OCC)c1. The highest BCUT2D eigenvalue weighted by molar-refractivity contribution is 8.15. The van der Waals surface area contributed by atoms with Crippen LogP contribution >= 0.6 is 11.8 Å². The molecule has 0 spiro atoms. The lowest BCUT2D eigenvalue weighted by atomic mass is 9.95. The van der Waals surface area contributed by atoms with Crippen LogP contribution in [-0.4, -0.2) is 46.0 Å². The number of esters is 1. The Balaban J connectivity index is 2.10. The number of ether oxygens (including phenoxy) is 2. The highest BCUT2D eigenvalue weighted by Crippen LogP contribution is 2.41. The van der Waals surface area contributed by atoms with Crippen molar-refractivity contribution >= 4 is 28.8 Å². The molecule has 0 radical (unpaired) electrons. The zero-order valence-corrected chi connectivity index (χ0v) is 15.6. The summed E-state index contributed by atoms with van der Waals surface area (Å²) in [6.07, 6.45) is 0. The molecule has 1 amide bonds. The molecular weight excluding hydrogens is 356 g/mol. The monoisotopic (exact) mass is 376 g/mol. The van der Waals surface area contributed by atoms with Crippen molar-refractivity contribution in [2.75, 3.05) is 19.0 Å². The summed E-state index contributed by atoms with van der Waals surface area (Å²) in [4.78, 5) is 30.8. The van der Waals surface area contributed by atoms with Gasteiger partial charge in [-0.2, -0.15) is 0 Å². The Hall–Kier alpha value is -2.48. The van der Waals surface area contributed by atoms with Crippen molar-refractivity contribution in [2.24, 2.45) is 4.99 Å². The van der Waals surface area contributed by atoms with E-state index in [0.29, 0.717) is 40.1 Å². The minimum atomic E-state index is -0.626. The third-order valence-corrected chi connectivity index (χ3v) is 5.04. The standard InChI is InChI=1S/C18H20N2O5S/c1-4-24-13-8-11(6-7-12(13)21)16-15(17(23)25-5-2)10(3)20-14(22)9-26-18(20)19-16/h6-8,16,21H,4-5,9H2,1-3H3/t16-/m0/s1. The first-order valence-electron chi connectivity index (χ1n) is 8.35. The first kappa shape index (κ1) is 18.3. The van der Waals surface area contributed by atoms with Gasteiger partial charge in [-0.15, -0.1) is 0 Å². The largest absolute Gasteiger partial charge is 0.504 e. The van der Waals surface area contributed by atoms with Crippen LogP contribution in [0.5, 0.6) is 11.5 Å². The summed E-state index contributed by atoms with van der Waals surface area (Å²) in [6, 6.07) is 4.24. The van der Waals surface area contributed by atoms with E-state index in [-0.39, 0.29) is 18.3 Å². The Labute approximate surface area is 155 Å². The maximum absolute atomic E-state index is 12.6. The third kappa shape index (κ3) is 3.16. The molecule has 2 aliphatic heterocycles. The van der Waals surface area contributed by atoms with E-state index in [1.54, 1.807) is 26.0 Å². The van der Waals surface area contributed by atoms with Gasteiger partial charge in [0.05, 0.1) is 24.5 Å². The summed E-state index contributed by atoms with van der Waals surface area (Å²) in [5, 5.41) is 10.5. The van der Waals surface area contributed by atoms with E-state index in [1.165, 1.54) is 22.7 Å². The van der Waals surface area contributed by atoms with E-state index in [1.807, 2.05) is 6.92 Å². The molecule has 0 saturated carbocycles. The van der Waals surface area contributed by atoms with Crippen LogP contribution in [0.2, 0.25) is 0 Å². The number of amides is 1. The van der Waals surface area contributed by atoms with Gasteiger partial charge in [-0.1, -0.05) is 17.8 Å². The predicted molar refractivity (Wildman–Crippen MR) is 98.1 cm³/mol. The summed E-state index contributed by atoms with van der Waals surface area (Å²) >= 11 is 1.34. The minimum Gasteiger partial charge on any atom is -0.504 e. The molecule has 3 rings (SSSR count). The highest BCUT2D eigenvalue weighted by atomic mass is 32.2. The summed E-state index contributed by atoms with van der Waals surface area (Å²) < 4.78 is 10.6. The first-order valence-corrected chi connectivity index (χ1v) is 9.33. The molecule has 1 aromatic carbocycles. The van der Waals surface area contributed by atoms with E-state index in [4.69, 9.17) is 9.47 Å². The van der Waals surface area contributed by atoms with Gasteiger partial charge >= 0.3 is 5.97 Å². The number of carbonyl (C=O) groups excluding carboxylic acids is 2. The van der Waals surface area contributed by atoms with Crippen molar-refractivity contribution in [3.05, 3.63) is 35.0 Å². The Morgan fingerprint density at radius 3 is 2.85 bits per heavy atom. The Morgan fingerprint density at radius 2 is 2.15 bits per heavy atom. The van der Waals surface area contributed by atoms with Crippen LogP contribution in [0.4, 0.5) is 0 Å². The molecule has 1 atom stereocenters. The van der Waals surface area contributed by atoms with Crippen LogP contribution in [0.25, 0.3) is 0 Å². The lowest BCUT2D eigenvalue weighted by Gasteiger charge is -2.29. The number of hydrogen-bond donors (Lipinski definition) is 1. The van der Waals surface area contributed by atoms with Gasteiger partial charge in [0.25, 0.3) is 0 Å². The summed E-state index contributed by atoms with van der Waals surface area (Å²) in [5.74, 6) is 0.0209. The van der Waals surface area contributed by atoms with E-state index in [2.05, 4.69) is 4.99 Å². The topological polar surface area (TPSA) is 88.4 Å². The third-order valence-electron chi connectivity index (χ3n) is 4.10. The molecule has 26 heavy (non-hydrogen) atoms. The Morgan fingerprint density at radius 1 is 1.38 bits per heavy atom. The van der Waals surface area contributed by atoms with Crippen LogP contribution in [0.3, 0.4) is 0 Å². The molecule has 138 valence electrons. The van der Waals surface area contributed by atoms with Gasteiger partial charge in [0.2, 0.25) is 5.91 Å². The molecule has 0 unspecified atom stereocenters. The van der Waals surface area contributed by atoms with Gasteiger partial charge in [0, 0.05) is 5.70 Å². The maximum Gasteiger partial charge on any atom is 0.338 e. The molecule has 7 nitrogen and oxygen atoms in total. The molecule has 1 fully saturated rings. The number of rotatable bonds is 5. The van der Waals surface area contributed by atoms with Crippen LogP contribution in [0.1, 0.15) is 32.4 Å². The van der Waals surface area contributed by atoms with Crippen molar-refractivity contribution < 1.29 is 24.2 Å². The Bertz CT molecular complexity index is 818. The molecule has 0 aromatic heterocycles. The zero-order valence-electron chi connectivity index (χ0n) is 14.8. The van der Waals surface area contributed by atoms with Gasteiger partial charge < -0.3 is 14.6 Å². The van der Waals surface area contributed by atoms with Crippen molar-refractivity contribution in [3.63, 3.8) is 0 Å². The number of phenols is 1. The molecule has 0 aliphatic carbocycles. The van der Waals surface area contributed by atoms with Gasteiger partial charge in [0.15, 0.2) is 16.7 Å². The van der Waals surface area contributed by atoms with Gasteiger partial charge in [0.1, 0.15) is 6.04 Å². The molecule has 8 heteroatoms. The van der Waals surface area contributed by atoms with E-state index >= 15 is 0 Å². The van der Waals surface area contributed by atoms with E-state index in [0.717, 1.165) is 0 Å². The number of aromatic hydroxyl groups is 1. The number of phenolic OH excluding ortho intramolecular Hbond substituents is 1.